The first-order valence-electron chi connectivity index (χ1n) is 11.6. The van der Waals surface area contributed by atoms with Gasteiger partial charge < -0.3 is 15.1 Å². The Balaban J connectivity index is 1.41. The van der Waals surface area contributed by atoms with Gasteiger partial charge in [-0.25, -0.2) is 0 Å². The van der Waals surface area contributed by atoms with Gasteiger partial charge in [0.05, 0.1) is 15.6 Å². The number of halogens is 1. The van der Waals surface area contributed by atoms with Gasteiger partial charge in [0.15, 0.2) is 5.11 Å². The number of nitro benzene ring substituents is 1. The minimum absolute atomic E-state index is 0.0755. The van der Waals surface area contributed by atoms with Gasteiger partial charge >= 0.3 is 0 Å². The van der Waals surface area contributed by atoms with Gasteiger partial charge in [-0.3, -0.25) is 20.2 Å². The van der Waals surface area contributed by atoms with Crippen molar-refractivity contribution < 1.29 is 9.72 Å². The Kier molecular flexibility index (Phi) is 7.84. The largest absolute Gasteiger partial charge is 0.370 e. The molecular weight excluding hydrogens is 474 g/mol. The average molecular weight is 502 g/mol. The molecule has 4 rings (SSSR count). The van der Waals surface area contributed by atoms with E-state index in [-0.39, 0.29) is 16.4 Å². The molecule has 34 heavy (non-hydrogen) atoms. The average Bonchev–Trinajstić information content (AvgIpc) is 2.84. The number of nitro groups is 1. The fraction of sp³-hybridized carbons (Fsp3) is 0.417. The van der Waals surface area contributed by atoms with E-state index in [0.29, 0.717) is 16.4 Å². The molecule has 0 radical (unpaired) electrons. The number of carbonyl (C=O) groups excluding carboxylic acids is 1. The summed E-state index contributed by atoms with van der Waals surface area (Å²) < 4.78 is 0. The first-order chi connectivity index (χ1) is 16.4. The van der Waals surface area contributed by atoms with Crippen molar-refractivity contribution in [1.29, 1.82) is 0 Å². The summed E-state index contributed by atoms with van der Waals surface area (Å²) in [6.07, 6.45) is 6.69. The van der Waals surface area contributed by atoms with E-state index in [4.69, 9.17) is 23.8 Å². The van der Waals surface area contributed by atoms with Crippen molar-refractivity contribution in [2.45, 2.75) is 38.5 Å². The summed E-state index contributed by atoms with van der Waals surface area (Å²) in [4.78, 5) is 28.2. The molecule has 0 atom stereocenters. The Hall–Kier alpha value is -2.91. The zero-order valence-electron chi connectivity index (χ0n) is 18.9. The zero-order chi connectivity index (χ0) is 24.1. The van der Waals surface area contributed by atoms with Crippen LogP contribution in [0.15, 0.2) is 36.4 Å². The monoisotopic (exact) mass is 501 g/mol. The first-order valence-corrected chi connectivity index (χ1v) is 12.4. The molecule has 8 nitrogen and oxygen atoms in total. The minimum Gasteiger partial charge on any atom is -0.370 e. The molecule has 2 aromatic rings. The molecule has 180 valence electrons. The summed E-state index contributed by atoms with van der Waals surface area (Å²) in [5.74, 6) is -0.512. The number of amides is 1. The fourth-order valence-electron chi connectivity index (χ4n) is 4.53. The van der Waals surface area contributed by atoms with Gasteiger partial charge in [-0.15, -0.1) is 0 Å². The quantitative estimate of drug-likeness (QED) is 0.324. The number of thiocarbonyl (C=S) groups is 1. The van der Waals surface area contributed by atoms with Crippen molar-refractivity contribution in [2.75, 3.05) is 41.3 Å². The predicted octanol–water partition coefficient (Wildman–Crippen LogP) is 5.36. The first kappa shape index (κ1) is 24.2. The third kappa shape index (κ3) is 5.77. The van der Waals surface area contributed by atoms with Crippen molar-refractivity contribution in [3.05, 3.63) is 57.1 Å². The number of hydrogen-bond donors (Lipinski definition) is 2. The molecule has 2 saturated heterocycles. The Morgan fingerprint density at radius 1 is 0.912 bits per heavy atom. The highest BCUT2D eigenvalue weighted by atomic mass is 35.5. The van der Waals surface area contributed by atoms with Crippen molar-refractivity contribution in [2.24, 2.45) is 0 Å². The summed E-state index contributed by atoms with van der Waals surface area (Å²) >= 11 is 11.8. The number of carbonyl (C=O) groups is 1. The zero-order valence-corrected chi connectivity index (χ0v) is 20.5. The number of rotatable bonds is 5. The third-order valence-electron chi connectivity index (χ3n) is 6.26. The van der Waals surface area contributed by atoms with Gasteiger partial charge in [-0.2, -0.15) is 0 Å². The molecule has 0 bridgehead atoms. The minimum atomic E-state index is -0.512. The molecule has 0 saturated carbocycles. The summed E-state index contributed by atoms with van der Waals surface area (Å²) in [5.41, 5.74) is 2.29. The Morgan fingerprint density at radius 2 is 1.50 bits per heavy atom. The van der Waals surface area contributed by atoms with Gasteiger partial charge in [0.25, 0.3) is 11.6 Å². The maximum Gasteiger partial charge on any atom is 0.293 e. The van der Waals surface area contributed by atoms with E-state index < -0.39 is 10.8 Å². The molecule has 2 heterocycles. The Bertz CT molecular complexity index is 1080. The highest BCUT2D eigenvalue weighted by molar-refractivity contribution is 7.80. The van der Waals surface area contributed by atoms with E-state index in [9.17, 15) is 14.9 Å². The summed E-state index contributed by atoms with van der Waals surface area (Å²) in [6, 6.07) is 10.1. The van der Waals surface area contributed by atoms with Crippen LogP contribution in [0.1, 0.15) is 48.9 Å². The van der Waals surface area contributed by atoms with Gasteiger partial charge in [0, 0.05) is 43.5 Å². The molecule has 2 aliphatic rings. The second-order valence-corrected chi connectivity index (χ2v) is 9.45. The van der Waals surface area contributed by atoms with Crippen LogP contribution in [0.2, 0.25) is 5.02 Å². The van der Waals surface area contributed by atoms with Crippen LogP contribution in [0.4, 0.5) is 22.7 Å². The summed E-state index contributed by atoms with van der Waals surface area (Å²) in [5, 5.41) is 17.9. The van der Waals surface area contributed by atoms with Crippen LogP contribution in [0.3, 0.4) is 0 Å². The van der Waals surface area contributed by atoms with Gasteiger partial charge in [0.2, 0.25) is 0 Å². The number of nitrogens with one attached hydrogen (secondary N) is 2. The van der Waals surface area contributed by atoms with E-state index in [1.165, 1.54) is 12.5 Å². The smallest absolute Gasteiger partial charge is 0.293 e. The molecule has 2 fully saturated rings. The highest BCUT2D eigenvalue weighted by Gasteiger charge is 2.23. The second kappa shape index (κ2) is 11.0. The second-order valence-electron chi connectivity index (χ2n) is 8.63. The maximum absolute atomic E-state index is 12.7. The van der Waals surface area contributed by atoms with Crippen molar-refractivity contribution >= 4 is 57.6 Å². The van der Waals surface area contributed by atoms with E-state index in [1.807, 2.05) is 17.0 Å². The molecule has 0 unspecified atom stereocenters. The van der Waals surface area contributed by atoms with E-state index in [1.54, 1.807) is 18.2 Å². The van der Waals surface area contributed by atoms with Crippen LogP contribution >= 0.6 is 23.8 Å². The standard InChI is InChI=1S/C24H28ClN5O3S/c25-19-16-18(8-10-20(19)28-11-3-1-4-12-28)26-24(34)27-23(31)17-7-9-21(22(15-17)30(32)33)29-13-5-2-6-14-29/h7-10,15-16H,1-6,11-14H2,(H2,26,27,31,34). The Morgan fingerprint density at radius 3 is 2.09 bits per heavy atom. The predicted molar refractivity (Wildman–Crippen MR) is 140 cm³/mol. The maximum atomic E-state index is 12.7. The van der Waals surface area contributed by atoms with Crippen LogP contribution < -0.4 is 20.4 Å². The lowest BCUT2D eigenvalue weighted by atomic mass is 10.1. The molecular formula is C24H28ClN5O3S. The lowest BCUT2D eigenvalue weighted by Crippen LogP contribution is -2.34. The van der Waals surface area contributed by atoms with Gasteiger partial charge in [-0.05, 0) is 81.1 Å². The third-order valence-corrected chi connectivity index (χ3v) is 6.77. The molecule has 0 aliphatic carbocycles. The number of benzene rings is 2. The van der Waals surface area contributed by atoms with Crippen molar-refractivity contribution in [3.63, 3.8) is 0 Å². The molecule has 10 heteroatoms. The lowest BCUT2D eigenvalue weighted by Gasteiger charge is -2.29. The number of anilines is 3. The van der Waals surface area contributed by atoms with Crippen LogP contribution in [0.5, 0.6) is 0 Å². The number of nitrogens with zero attached hydrogens (tertiary/aromatic N) is 3. The van der Waals surface area contributed by atoms with E-state index in [0.717, 1.165) is 64.0 Å². The van der Waals surface area contributed by atoms with Crippen LogP contribution in [0, 0.1) is 10.1 Å². The lowest BCUT2D eigenvalue weighted by molar-refractivity contribution is -0.384. The topological polar surface area (TPSA) is 90.8 Å². The van der Waals surface area contributed by atoms with E-state index in [2.05, 4.69) is 15.5 Å². The summed E-state index contributed by atoms with van der Waals surface area (Å²) in [6.45, 7) is 3.53. The normalized spacial score (nSPS) is 16.1. The SMILES string of the molecule is O=C(NC(=S)Nc1ccc(N2CCCCC2)c(Cl)c1)c1ccc(N2CCCCC2)c([N+](=O)[O-])c1. The summed E-state index contributed by atoms with van der Waals surface area (Å²) in [7, 11) is 0. The van der Waals surface area contributed by atoms with Gasteiger partial charge in [0.1, 0.15) is 5.69 Å². The van der Waals surface area contributed by atoms with Crippen molar-refractivity contribution in [1.82, 2.24) is 5.32 Å². The Labute approximate surface area is 209 Å². The molecule has 0 spiro atoms. The highest BCUT2D eigenvalue weighted by Crippen LogP contribution is 2.32. The molecule has 2 aliphatic heterocycles. The van der Waals surface area contributed by atoms with Gasteiger partial charge in [-0.1, -0.05) is 11.6 Å². The van der Waals surface area contributed by atoms with E-state index >= 15 is 0 Å². The number of piperidine rings is 2. The molecule has 1 amide bonds. The molecule has 0 aromatic heterocycles. The van der Waals surface area contributed by atoms with Crippen LogP contribution in [-0.4, -0.2) is 42.1 Å². The number of hydrogen-bond acceptors (Lipinski definition) is 6. The molecule has 2 aromatic carbocycles. The fourth-order valence-corrected chi connectivity index (χ4v) is 5.04. The molecule has 2 N–H and O–H groups in total. The van der Waals surface area contributed by atoms with Crippen molar-refractivity contribution in [3.8, 4) is 0 Å². The van der Waals surface area contributed by atoms with Crippen LogP contribution in [0.25, 0.3) is 0 Å². The van der Waals surface area contributed by atoms with Crippen LogP contribution in [-0.2, 0) is 0 Å².